The van der Waals surface area contributed by atoms with Gasteiger partial charge in [0.15, 0.2) is 0 Å². The summed E-state index contributed by atoms with van der Waals surface area (Å²) in [5, 5.41) is 3.70. The minimum absolute atomic E-state index is 0.0296. The molecule has 1 amide bonds. The van der Waals surface area contributed by atoms with E-state index in [0.717, 1.165) is 78.7 Å². The Morgan fingerprint density at radius 2 is 1.84 bits per heavy atom. The molecule has 0 saturated heterocycles. The van der Waals surface area contributed by atoms with E-state index in [9.17, 15) is 4.79 Å². The standard InChI is InChI=1S/C33H39FN2O2/c1-4-6-7-26-15-25-16-27(38-3)9-10-28(25)32(36(26)31(37)5-2)24-8-11-30(29(34)17-24)35-33-18-21-12-22(19-33)14-23(13-21)20-33/h2,8-11,16-17,21-23,26,32,35H,4,6-7,12-15,18-20H2,1,3H3/t21?,22?,23?,26-,32-,33?/m0/s1. The fourth-order valence-electron chi connectivity index (χ4n) is 8.60. The number of halogens is 1. The number of terminal acetylenes is 1. The van der Waals surface area contributed by atoms with Crippen LogP contribution in [0, 0.1) is 35.9 Å². The van der Waals surface area contributed by atoms with E-state index >= 15 is 4.39 Å². The van der Waals surface area contributed by atoms with Gasteiger partial charge in [-0.15, -0.1) is 6.42 Å². The van der Waals surface area contributed by atoms with Crippen molar-refractivity contribution in [3.05, 3.63) is 58.9 Å². The molecule has 5 heteroatoms. The minimum atomic E-state index is -0.432. The highest BCUT2D eigenvalue weighted by molar-refractivity contribution is 5.94. The van der Waals surface area contributed by atoms with E-state index in [-0.39, 0.29) is 23.3 Å². The van der Waals surface area contributed by atoms with Gasteiger partial charge in [0.1, 0.15) is 11.6 Å². The van der Waals surface area contributed by atoms with Gasteiger partial charge < -0.3 is 15.0 Å². The quantitative estimate of drug-likeness (QED) is 0.410. The smallest absolute Gasteiger partial charge is 0.299 e. The highest BCUT2D eigenvalue weighted by Gasteiger charge is 2.51. The molecule has 0 unspecified atom stereocenters. The molecule has 5 aliphatic rings. The maximum absolute atomic E-state index is 15.9. The first-order valence-corrected chi connectivity index (χ1v) is 14.4. The first-order chi connectivity index (χ1) is 18.4. The first-order valence-electron chi connectivity index (χ1n) is 14.4. The molecule has 4 aliphatic carbocycles. The number of rotatable bonds is 7. The van der Waals surface area contributed by atoms with Crippen LogP contribution in [0.5, 0.6) is 5.75 Å². The molecule has 1 heterocycles. The number of fused-ring (bicyclic) bond motifs is 1. The summed E-state index contributed by atoms with van der Waals surface area (Å²) in [7, 11) is 1.66. The molecule has 4 bridgehead atoms. The van der Waals surface area contributed by atoms with Crippen molar-refractivity contribution in [2.24, 2.45) is 17.8 Å². The molecule has 0 aromatic heterocycles. The summed E-state index contributed by atoms with van der Waals surface area (Å²) in [4.78, 5) is 15.0. The van der Waals surface area contributed by atoms with E-state index < -0.39 is 6.04 Å². The third-order valence-electron chi connectivity index (χ3n) is 9.77. The van der Waals surface area contributed by atoms with Crippen molar-refractivity contribution >= 4 is 11.6 Å². The number of ether oxygens (including phenoxy) is 1. The largest absolute Gasteiger partial charge is 0.497 e. The third kappa shape index (κ3) is 4.46. The van der Waals surface area contributed by atoms with Gasteiger partial charge in [-0.05, 0) is 116 Å². The Kier molecular flexibility index (Phi) is 6.62. The van der Waals surface area contributed by atoms with Gasteiger partial charge in [0.05, 0.1) is 18.8 Å². The third-order valence-corrected chi connectivity index (χ3v) is 9.77. The summed E-state index contributed by atoms with van der Waals surface area (Å²) < 4.78 is 21.4. The van der Waals surface area contributed by atoms with Crippen LogP contribution < -0.4 is 10.1 Å². The van der Waals surface area contributed by atoms with E-state index in [4.69, 9.17) is 11.2 Å². The molecule has 4 nitrogen and oxygen atoms in total. The Balaban J connectivity index is 1.36. The number of nitrogens with zero attached hydrogens (tertiary/aromatic N) is 1. The molecule has 1 aliphatic heterocycles. The van der Waals surface area contributed by atoms with Gasteiger partial charge in [-0.2, -0.15) is 0 Å². The van der Waals surface area contributed by atoms with E-state index in [1.54, 1.807) is 13.2 Å². The topological polar surface area (TPSA) is 41.6 Å². The number of hydrogen-bond donors (Lipinski definition) is 1. The summed E-state index contributed by atoms with van der Waals surface area (Å²) in [5.41, 5.74) is 3.49. The van der Waals surface area contributed by atoms with Gasteiger partial charge in [-0.1, -0.05) is 31.9 Å². The van der Waals surface area contributed by atoms with Crippen LogP contribution in [0.2, 0.25) is 0 Å². The van der Waals surface area contributed by atoms with Crippen molar-refractivity contribution in [1.29, 1.82) is 0 Å². The molecule has 0 spiro atoms. The lowest BCUT2D eigenvalue weighted by atomic mass is 9.53. The van der Waals surface area contributed by atoms with E-state index in [1.807, 2.05) is 29.2 Å². The summed E-state index contributed by atoms with van der Waals surface area (Å²) >= 11 is 0. The molecule has 2 aromatic rings. The highest BCUT2D eigenvalue weighted by Crippen LogP contribution is 2.56. The molecule has 4 fully saturated rings. The van der Waals surface area contributed by atoms with Crippen LogP contribution in [0.25, 0.3) is 0 Å². The molecule has 2 aromatic carbocycles. The van der Waals surface area contributed by atoms with Crippen molar-refractivity contribution < 1.29 is 13.9 Å². The molecule has 7 rings (SSSR count). The number of hydrogen-bond acceptors (Lipinski definition) is 3. The van der Waals surface area contributed by atoms with E-state index in [2.05, 4.69) is 24.2 Å². The minimum Gasteiger partial charge on any atom is -0.497 e. The normalized spacial score (nSPS) is 31.0. The highest BCUT2D eigenvalue weighted by atomic mass is 19.1. The number of amides is 1. The van der Waals surface area contributed by atoms with E-state index in [1.165, 1.54) is 19.3 Å². The number of nitrogens with one attached hydrogen (secondary N) is 1. The first kappa shape index (κ1) is 25.3. The maximum Gasteiger partial charge on any atom is 0.299 e. The van der Waals surface area contributed by atoms with Crippen LogP contribution >= 0.6 is 0 Å². The second-order valence-corrected chi connectivity index (χ2v) is 12.4. The van der Waals surface area contributed by atoms with Crippen LogP contribution in [0.3, 0.4) is 0 Å². The SMILES string of the molecule is C#CC(=O)N1[C@@H](CCCC)Cc2cc(OC)ccc2[C@@H]1c1ccc(NC23CC4CC(CC(C4)C2)C3)c(F)c1. The van der Waals surface area contributed by atoms with Crippen LogP contribution in [0.15, 0.2) is 36.4 Å². The van der Waals surface area contributed by atoms with Crippen LogP contribution in [-0.4, -0.2) is 29.5 Å². The lowest BCUT2D eigenvalue weighted by Gasteiger charge is -2.57. The predicted octanol–water partition coefficient (Wildman–Crippen LogP) is 6.88. The van der Waals surface area contributed by atoms with Crippen molar-refractivity contribution in [1.82, 2.24) is 4.90 Å². The number of anilines is 1. The number of unbranched alkanes of at least 4 members (excludes halogenated alkanes) is 1. The average Bonchev–Trinajstić information content (AvgIpc) is 2.90. The van der Waals surface area contributed by atoms with Crippen molar-refractivity contribution in [2.45, 2.75) is 88.8 Å². The van der Waals surface area contributed by atoms with Crippen LogP contribution in [-0.2, 0) is 11.2 Å². The fourth-order valence-corrected chi connectivity index (χ4v) is 8.60. The monoisotopic (exact) mass is 514 g/mol. The van der Waals surface area contributed by atoms with Gasteiger partial charge in [-0.25, -0.2) is 4.39 Å². The molecule has 38 heavy (non-hydrogen) atoms. The molecule has 200 valence electrons. The lowest BCUT2D eigenvalue weighted by molar-refractivity contribution is -0.130. The Bertz CT molecular complexity index is 1230. The van der Waals surface area contributed by atoms with Crippen molar-refractivity contribution in [3.8, 4) is 18.1 Å². The molecule has 0 radical (unpaired) electrons. The zero-order valence-corrected chi connectivity index (χ0v) is 22.6. The summed E-state index contributed by atoms with van der Waals surface area (Å²) in [6, 6.07) is 11.0. The zero-order valence-electron chi connectivity index (χ0n) is 22.6. The second kappa shape index (κ2) is 9.95. The van der Waals surface area contributed by atoms with Gasteiger partial charge in [-0.3, -0.25) is 4.79 Å². The lowest BCUT2D eigenvalue weighted by Crippen LogP contribution is -2.54. The molecule has 2 atom stereocenters. The Morgan fingerprint density at radius 1 is 1.13 bits per heavy atom. The van der Waals surface area contributed by atoms with Gasteiger partial charge >= 0.3 is 0 Å². The summed E-state index contributed by atoms with van der Waals surface area (Å²) in [5.74, 6) is 4.92. The summed E-state index contributed by atoms with van der Waals surface area (Å²) in [6.07, 6.45) is 16.8. The summed E-state index contributed by atoms with van der Waals surface area (Å²) in [6.45, 7) is 2.15. The number of benzene rings is 2. The molecule has 4 saturated carbocycles. The Hall–Kier alpha value is -3.00. The average molecular weight is 515 g/mol. The second-order valence-electron chi connectivity index (χ2n) is 12.4. The molecule has 1 N–H and O–H groups in total. The Labute approximate surface area is 226 Å². The predicted molar refractivity (Wildman–Crippen MR) is 148 cm³/mol. The van der Waals surface area contributed by atoms with Crippen LogP contribution in [0.1, 0.15) is 87.4 Å². The number of carbonyl (C=O) groups is 1. The molecular formula is C33H39FN2O2. The van der Waals surface area contributed by atoms with Gasteiger partial charge in [0, 0.05) is 11.6 Å². The number of carbonyl (C=O) groups excluding carboxylic acids is 1. The fraction of sp³-hybridized carbons (Fsp3) is 0.545. The van der Waals surface area contributed by atoms with Crippen LogP contribution in [0.4, 0.5) is 10.1 Å². The van der Waals surface area contributed by atoms with Gasteiger partial charge in [0.2, 0.25) is 0 Å². The molecular weight excluding hydrogens is 475 g/mol. The van der Waals surface area contributed by atoms with Gasteiger partial charge in [0.25, 0.3) is 5.91 Å². The zero-order chi connectivity index (χ0) is 26.4. The number of methoxy groups -OCH3 is 1. The van der Waals surface area contributed by atoms with E-state index in [0.29, 0.717) is 12.1 Å². The Morgan fingerprint density at radius 3 is 2.45 bits per heavy atom. The van der Waals surface area contributed by atoms with Crippen molar-refractivity contribution in [3.63, 3.8) is 0 Å². The van der Waals surface area contributed by atoms with Crippen molar-refractivity contribution in [2.75, 3.05) is 12.4 Å². The maximum atomic E-state index is 15.9.